The van der Waals surface area contributed by atoms with Crippen molar-refractivity contribution in [3.05, 3.63) is 39.7 Å². The molecule has 0 atom stereocenters. The standard InChI is InChI=1S/C15H17BrFN3/c1-8(2)13-12(16)15(18-4)20-14(19-13)11-6-5-10(17)7-9(11)3/h5-8H,1-4H3,(H,18,19,20). The Morgan fingerprint density at radius 3 is 2.50 bits per heavy atom. The highest BCUT2D eigenvalue weighted by atomic mass is 79.9. The van der Waals surface area contributed by atoms with E-state index in [1.165, 1.54) is 12.1 Å². The van der Waals surface area contributed by atoms with Crippen molar-refractivity contribution >= 4 is 21.7 Å². The van der Waals surface area contributed by atoms with Crippen LogP contribution in [-0.2, 0) is 0 Å². The molecule has 2 rings (SSSR count). The number of nitrogens with zero attached hydrogens (tertiary/aromatic N) is 2. The van der Waals surface area contributed by atoms with Crippen LogP contribution < -0.4 is 5.32 Å². The van der Waals surface area contributed by atoms with Gasteiger partial charge in [0.1, 0.15) is 11.6 Å². The van der Waals surface area contributed by atoms with E-state index in [-0.39, 0.29) is 11.7 Å². The zero-order valence-electron chi connectivity index (χ0n) is 12.0. The van der Waals surface area contributed by atoms with Gasteiger partial charge < -0.3 is 5.32 Å². The molecule has 20 heavy (non-hydrogen) atoms. The topological polar surface area (TPSA) is 37.8 Å². The van der Waals surface area contributed by atoms with Gasteiger partial charge in [0, 0.05) is 12.6 Å². The van der Waals surface area contributed by atoms with Crippen molar-refractivity contribution in [2.45, 2.75) is 26.7 Å². The lowest BCUT2D eigenvalue weighted by molar-refractivity contribution is 0.627. The summed E-state index contributed by atoms with van der Waals surface area (Å²) < 4.78 is 14.1. The van der Waals surface area contributed by atoms with E-state index in [0.29, 0.717) is 5.82 Å². The molecule has 0 radical (unpaired) electrons. The largest absolute Gasteiger partial charge is 0.372 e. The van der Waals surface area contributed by atoms with Crippen LogP contribution in [0.15, 0.2) is 22.7 Å². The molecule has 1 heterocycles. The molecule has 5 heteroatoms. The van der Waals surface area contributed by atoms with Crippen LogP contribution >= 0.6 is 15.9 Å². The van der Waals surface area contributed by atoms with Crippen LogP contribution in [0.4, 0.5) is 10.2 Å². The van der Waals surface area contributed by atoms with E-state index in [4.69, 9.17) is 0 Å². The molecule has 0 bridgehead atoms. The lowest BCUT2D eigenvalue weighted by Gasteiger charge is -2.14. The second-order valence-corrected chi connectivity index (χ2v) is 5.75. The lowest BCUT2D eigenvalue weighted by atomic mass is 10.1. The Hall–Kier alpha value is -1.49. The van der Waals surface area contributed by atoms with E-state index in [0.717, 1.165) is 27.1 Å². The zero-order valence-corrected chi connectivity index (χ0v) is 13.5. The molecule has 3 nitrogen and oxygen atoms in total. The average Bonchev–Trinajstić information content (AvgIpc) is 2.39. The first kappa shape index (κ1) is 14.9. The fraction of sp³-hybridized carbons (Fsp3) is 0.333. The van der Waals surface area contributed by atoms with Crippen LogP contribution in [0.5, 0.6) is 0 Å². The molecule has 0 unspecified atom stereocenters. The Morgan fingerprint density at radius 1 is 1.25 bits per heavy atom. The maximum absolute atomic E-state index is 13.2. The van der Waals surface area contributed by atoms with Crippen LogP contribution in [0.3, 0.4) is 0 Å². The fourth-order valence-electron chi connectivity index (χ4n) is 2.01. The number of halogens is 2. The maximum Gasteiger partial charge on any atom is 0.162 e. The number of aryl methyl sites for hydroxylation is 1. The van der Waals surface area contributed by atoms with Crippen molar-refractivity contribution in [2.75, 3.05) is 12.4 Å². The molecule has 0 amide bonds. The Kier molecular flexibility index (Phi) is 4.38. The van der Waals surface area contributed by atoms with Crippen molar-refractivity contribution in [1.82, 2.24) is 9.97 Å². The number of nitrogens with one attached hydrogen (secondary N) is 1. The second kappa shape index (κ2) is 5.87. The predicted molar refractivity (Wildman–Crippen MR) is 83.5 cm³/mol. The Bertz CT molecular complexity index is 641. The highest BCUT2D eigenvalue weighted by molar-refractivity contribution is 9.10. The van der Waals surface area contributed by atoms with E-state index in [1.807, 2.05) is 14.0 Å². The van der Waals surface area contributed by atoms with Crippen LogP contribution in [0.1, 0.15) is 31.0 Å². The molecular weight excluding hydrogens is 321 g/mol. The van der Waals surface area contributed by atoms with Gasteiger partial charge in [0.05, 0.1) is 10.2 Å². The van der Waals surface area contributed by atoms with Gasteiger partial charge in [0.2, 0.25) is 0 Å². The lowest BCUT2D eigenvalue weighted by Crippen LogP contribution is -2.05. The maximum atomic E-state index is 13.2. The molecule has 106 valence electrons. The number of anilines is 1. The molecule has 0 aliphatic carbocycles. The third kappa shape index (κ3) is 2.82. The highest BCUT2D eigenvalue weighted by Gasteiger charge is 2.16. The fourth-order valence-corrected chi connectivity index (χ4v) is 2.84. The average molecular weight is 338 g/mol. The smallest absolute Gasteiger partial charge is 0.162 e. The van der Waals surface area contributed by atoms with Gasteiger partial charge in [0.25, 0.3) is 0 Å². The molecular formula is C15H17BrFN3. The summed E-state index contributed by atoms with van der Waals surface area (Å²) in [6, 6.07) is 4.65. The number of hydrogen-bond donors (Lipinski definition) is 1. The van der Waals surface area contributed by atoms with Crippen LogP contribution in [0.25, 0.3) is 11.4 Å². The van der Waals surface area contributed by atoms with Crippen molar-refractivity contribution < 1.29 is 4.39 Å². The third-order valence-electron chi connectivity index (χ3n) is 3.09. The minimum atomic E-state index is -0.249. The highest BCUT2D eigenvalue weighted by Crippen LogP contribution is 2.32. The summed E-state index contributed by atoms with van der Waals surface area (Å²) in [4.78, 5) is 9.12. The van der Waals surface area contributed by atoms with Crippen LogP contribution in [0, 0.1) is 12.7 Å². The number of rotatable bonds is 3. The van der Waals surface area contributed by atoms with Crippen LogP contribution in [-0.4, -0.2) is 17.0 Å². The van der Waals surface area contributed by atoms with Gasteiger partial charge in [0.15, 0.2) is 5.82 Å². The first-order valence-corrected chi connectivity index (χ1v) is 7.25. The van der Waals surface area contributed by atoms with Gasteiger partial charge in [-0.25, -0.2) is 14.4 Å². The molecule has 0 aliphatic rings. The summed E-state index contributed by atoms with van der Waals surface area (Å²) in [5.41, 5.74) is 2.60. The van der Waals surface area contributed by atoms with Crippen molar-refractivity contribution in [3.63, 3.8) is 0 Å². The van der Waals surface area contributed by atoms with Gasteiger partial charge >= 0.3 is 0 Å². The van der Waals surface area contributed by atoms with E-state index < -0.39 is 0 Å². The Morgan fingerprint density at radius 2 is 1.95 bits per heavy atom. The minimum absolute atomic E-state index is 0.249. The van der Waals surface area contributed by atoms with Gasteiger partial charge in [-0.3, -0.25) is 0 Å². The van der Waals surface area contributed by atoms with Gasteiger partial charge in [-0.05, 0) is 52.5 Å². The molecule has 1 N–H and O–H groups in total. The van der Waals surface area contributed by atoms with Crippen molar-refractivity contribution in [2.24, 2.45) is 0 Å². The summed E-state index contributed by atoms with van der Waals surface area (Å²) in [5, 5.41) is 3.06. The summed E-state index contributed by atoms with van der Waals surface area (Å²) in [5.74, 6) is 1.36. The first-order chi connectivity index (χ1) is 9.43. The molecule has 0 spiro atoms. The van der Waals surface area contributed by atoms with Crippen molar-refractivity contribution in [1.29, 1.82) is 0 Å². The predicted octanol–water partition coefficient (Wildman–Crippen LogP) is 4.52. The minimum Gasteiger partial charge on any atom is -0.372 e. The molecule has 0 saturated heterocycles. The third-order valence-corrected chi connectivity index (χ3v) is 3.87. The van der Waals surface area contributed by atoms with Gasteiger partial charge in [-0.15, -0.1) is 0 Å². The normalized spacial score (nSPS) is 10.9. The molecule has 0 saturated carbocycles. The van der Waals surface area contributed by atoms with Gasteiger partial charge in [-0.1, -0.05) is 13.8 Å². The van der Waals surface area contributed by atoms with E-state index >= 15 is 0 Å². The second-order valence-electron chi connectivity index (χ2n) is 4.96. The summed E-state index contributed by atoms with van der Waals surface area (Å²) in [7, 11) is 1.82. The summed E-state index contributed by atoms with van der Waals surface area (Å²) in [6.07, 6.45) is 0. The summed E-state index contributed by atoms with van der Waals surface area (Å²) >= 11 is 3.53. The van der Waals surface area contributed by atoms with Crippen molar-refractivity contribution in [3.8, 4) is 11.4 Å². The van der Waals surface area contributed by atoms with Gasteiger partial charge in [-0.2, -0.15) is 0 Å². The number of hydrogen-bond acceptors (Lipinski definition) is 3. The molecule has 1 aromatic heterocycles. The van der Waals surface area contributed by atoms with E-state index in [9.17, 15) is 4.39 Å². The summed E-state index contributed by atoms with van der Waals surface area (Å²) in [6.45, 7) is 6.01. The first-order valence-electron chi connectivity index (χ1n) is 6.45. The molecule has 0 aliphatic heterocycles. The molecule has 2 aromatic rings. The zero-order chi connectivity index (χ0) is 14.9. The number of aromatic nitrogens is 2. The van der Waals surface area contributed by atoms with E-state index in [2.05, 4.69) is 45.1 Å². The Balaban J connectivity index is 2.65. The quantitative estimate of drug-likeness (QED) is 0.894. The van der Waals surface area contributed by atoms with E-state index in [1.54, 1.807) is 6.07 Å². The Labute approximate surface area is 126 Å². The monoisotopic (exact) mass is 337 g/mol. The SMILES string of the molecule is CNc1nc(-c2ccc(F)cc2C)nc(C(C)C)c1Br. The molecule has 1 aromatic carbocycles. The number of benzene rings is 1. The molecule has 0 fully saturated rings. The van der Waals surface area contributed by atoms with Crippen LogP contribution in [0.2, 0.25) is 0 Å².